The van der Waals surface area contributed by atoms with Crippen molar-refractivity contribution in [3.63, 3.8) is 0 Å². The summed E-state index contributed by atoms with van der Waals surface area (Å²) in [6, 6.07) is 11.2. The van der Waals surface area contributed by atoms with E-state index in [1.807, 2.05) is 12.1 Å². The molecule has 0 radical (unpaired) electrons. The summed E-state index contributed by atoms with van der Waals surface area (Å²) in [6.45, 7) is 9.75. The maximum atomic E-state index is 12.1. The van der Waals surface area contributed by atoms with Crippen molar-refractivity contribution in [2.24, 2.45) is 5.92 Å². The van der Waals surface area contributed by atoms with E-state index in [1.165, 1.54) is 31.4 Å². The first-order chi connectivity index (χ1) is 12.1. The summed E-state index contributed by atoms with van der Waals surface area (Å²) in [6.07, 6.45) is 6.24. The van der Waals surface area contributed by atoms with Gasteiger partial charge in [-0.05, 0) is 12.3 Å². The Kier molecular flexibility index (Phi) is 16.0. The number of piperazine rings is 1. The zero-order chi connectivity index (χ0) is 17.9. The fourth-order valence-electron chi connectivity index (χ4n) is 3.27. The molecule has 0 unspecified atom stereocenters. The van der Waals surface area contributed by atoms with Crippen molar-refractivity contribution in [3.05, 3.63) is 37.8 Å². The van der Waals surface area contributed by atoms with Crippen molar-refractivity contribution in [2.45, 2.75) is 46.0 Å². The van der Waals surface area contributed by atoms with Crippen LogP contribution in [-0.4, -0.2) is 50.1 Å². The van der Waals surface area contributed by atoms with Gasteiger partial charge in [-0.1, -0.05) is 45.2 Å². The van der Waals surface area contributed by atoms with Crippen LogP contribution in [0.4, 0.5) is 5.69 Å². The first-order valence-corrected chi connectivity index (χ1v) is 9.85. The number of hydrogen-bond donors (Lipinski definition) is 1. The van der Waals surface area contributed by atoms with E-state index in [1.54, 1.807) is 0 Å². The Morgan fingerprint density at radius 1 is 1.07 bits per heavy atom. The Morgan fingerprint density at radius 2 is 1.70 bits per heavy atom. The van der Waals surface area contributed by atoms with E-state index in [4.69, 9.17) is 0 Å². The standard InChI is InChI=1S/C21H34N3O.CH3.K/c1-19(2)10-6-3-4-9-13-22-21(25)18-23-14-16-24(17-15-23)20-11-7-5-8-12-20;;/h7-8,11-12,19H,3-4,6,9-10,13-18H2,1-2H3,(H,22,25);1H3;/q2*-1;+1. The second-order valence-electron chi connectivity index (χ2n) is 7.47. The number of nitrogens with one attached hydrogen (secondary N) is 1. The molecule has 2 rings (SSSR count). The summed E-state index contributed by atoms with van der Waals surface area (Å²) in [5, 5.41) is 3.07. The zero-order valence-electron chi connectivity index (χ0n) is 18.0. The van der Waals surface area contributed by atoms with Crippen LogP contribution in [0.3, 0.4) is 0 Å². The first-order valence-electron chi connectivity index (χ1n) is 9.85. The van der Waals surface area contributed by atoms with Gasteiger partial charge in [0.15, 0.2) is 0 Å². The van der Waals surface area contributed by atoms with Crippen LogP contribution in [0.25, 0.3) is 0 Å². The molecule has 1 aliphatic rings. The normalized spacial score (nSPS) is 14.4. The van der Waals surface area contributed by atoms with Crippen molar-refractivity contribution in [3.8, 4) is 0 Å². The van der Waals surface area contributed by atoms with Crippen LogP contribution in [0.1, 0.15) is 46.0 Å². The molecule has 1 aliphatic heterocycles. The molecule has 1 amide bonds. The molecule has 4 nitrogen and oxygen atoms in total. The molecule has 148 valence electrons. The van der Waals surface area contributed by atoms with E-state index in [9.17, 15) is 4.79 Å². The molecule has 0 saturated carbocycles. The number of carbonyl (C=O) groups excluding carboxylic acids is 1. The molecule has 1 aromatic rings. The summed E-state index contributed by atoms with van der Waals surface area (Å²) in [5.41, 5.74) is 1.25. The number of anilines is 1. The van der Waals surface area contributed by atoms with Gasteiger partial charge in [-0.25, -0.2) is 0 Å². The molecule has 1 fully saturated rings. The minimum Gasteiger partial charge on any atom is -0.391 e. The van der Waals surface area contributed by atoms with Crippen LogP contribution in [0.15, 0.2) is 24.3 Å². The van der Waals surface area contributed by atoms with Gasteiger partial charge in [-0.2, -0.15) is 18.2 Å². The van der Waals surface area contributed by atoms with Gasteiger partial charge in [-0.3, -0.25) is 9.69 Å². The van der Waals surface area contributed by atoms with Gasteiger partial charge in [0.1, 0.15) is 0 Å². The summed E-state index contributed by atoms with van der Waals surface area (Å²) >= 11 is 0. The van der Waals surface area contributed by atoms with Crippen LogP contribution in [0.5, 0.6) is 0 Å². The summed E-state index contributed by atoms with van der Waals surface area (Å²) in [7, 11) is 0. The van der Waals surface area contributed by atoms with Crippen molar-refractivity contribution < 1.29 is 56.2 Å². The quantitative estimate of drug-likeness (QED) is 0.360. The Labute approximate surface area is 209 Å². The molecule has 0 atom stereocenters. The molecule has 5 heteroatoms. The predicted molar refractivity (Wildman–Crippen MR) is 111 cm³/mol. The topological polar surface area (TPSA) is 35.6 Å². The molecule has 0 aliphatic carbocycles. The monoisotopic (exact) mass is 398 g/mol. The van der Waals surface area contributed by atoms with E-state index in [0.717, 1.165) is 45.1 Å². The van der Waals surface area contributed by atoms with Crippen LogP contribution in [-0.2, 0) is 4.79 Å². The van der Waals surface area contributed by atoms with E-state index in [2.05, 4.69) is 47.2 Å². The smallest absolute Gasteiger partial charge is 0.391 e. The molecule has 1 saturated heterocycles. The van der Waals surface area contributed by atoms with Gasteiger partial charge < -0.3 is 17.6 Å². The first kappa shape index (κ1) is 27.1. The second-order valence-corrected chi connectivity index (χ2v) is 7.47. The van der Waals surface area contributed by atoms with Gasteiger partial charge in [-0.15, -0.1) is 12.1 Å². The average molecular weight is 399 g/mol. The number of amides is 1. The third-order valence-electron chi connectivity index (χ3n) is 4.84. The minimum atomic E-state index is 0. The van der Waals surface area contributed by atoms with Crippen molar-refractivity contribution in [2.75, 3.05) is 44.2 Å². The Bertz CT molecular complexity index is 488. The van der Waals surface area contributed by atoms with E-state index in [0.29, 0.717) is 6.54 Å². The molecular formula is C22H37KN3O-. The molecule has 0 spiro atoms. The molecule has 27 heavy (non-hydrogen) atoms. The SMILES string of the molecule is CC(C)CCCCCCNC(=O)CN1CCN(c2cc[c-]cc2)CC1.[CH3-].[K+]. The molecule has 1 aromatic carbocycles. The van der Waals surface area contributed by atoms with Crippen LogP contribution >= 0.6 is 0 Å². The van der Waals surface area contributed by atoms with Gasteiger partial charge in [0.2, 0.25) is 5.91 Å². The molecule has 1 N–H and O–H groups in total. The van der Waals surface area contributed by atoms with Gasteiger partial charge >= 0.3 is 51.4 Å². The number of unbranched alkanes of at least 4 members (excludes halogenated alkanes) is 3. The number of nitrogens with zero attached hydrogens (tertiary/aromatic N) is 2. The van der Waals surface area contributed by atoms with E-state index in [-0.39, 0.29) is 64.7 Å². The van der Waals surface area contributed by atoms with Crippen LogP contribution < -0.4 is 61.6 Å². The second kappa shape index (κ2) is 15.9. The van der Waals surface area contributed by atoms with Crippen molar-refractivity contribution in [1.29, 1.82) is 0 Å². The molecule has 0 bridgehead atoms. The maximum Gasteiger partial charge on any atom is 1.00 e. The number of carbonyl (C=O) groups is 1. The van der Waals surface area contributed by atoms with Crippen LogP contribution in [0.2, 0.25) is 0 Å². The van der Waals surface area contributed by atoms with Gasteiger partial charge in [0, 0.05) is 32.7 Å². The third kappa shape index (κ3) is 11.6. The fraction of sp³-hybridized carbons (Fsp3) is 0.636. The number of rotatable bonds is 10. The summed E-state index contributed by atoms with van der Waals surface area (Å²) in [4.78, 5) is 16.7. The molecular weight excluding hydrogens is 361 g/mol. The largest absolute Gasteiger partial charge is 1.00 e. The molecule has 0 aromatic heterocycles. The fourth-order valence-corrected chi connectivity index (χ4v) is 3.27. The van der Waals surface area contributed by atoms with E-state index >= 15 is 0 Å². The minimum absolute atomic E-state index is 0. The van der Waals surface area contributed by atoms with E-state index < -0.39 is 0 Å². The van der Waals surface area contributed by atoms with Crippen molar-refractivity contribution >= 4 is 11.6 Å². The molecule has 1 heterocycles. The summed E-state index contributed by atoms with van der Waals surface area (Å²) < 4.78 is 0. The predicted octanol–water partition coefficient (Wildman–Crippen LogP) is 0.786. The van der Waals surface area contributed by atoms with Crippen molar-refractivity contribution in [1.82, 2.24) is 10.2 Å². The average Bonchev–Trinajstić information content (AvgIpc) is 2.62. The number of hydrogen-bond acceptors (Lipinski definition) is 3. The van der Waals surface area contributed by atoms with Gasteiger partial charge in [0.05, 0.1) is 6.54 Å². The Hall–Kier alpha value is 0.0864. The number of benzene rings is 1. The Balaban J connectivity index is 0.00000338. The zero-order valence-corrected chi connectivity index (χ0v) is 21.1. The van der Waals surface area contributed by atoms with Crippen LogP contribution in [0, 0.1) is 19.4 Å². The van der Waals surface area contributed by atoms with Gasteiger partial charge in [0.25, 0.3) is 0 Å². The summed E-state index contributed by atoms with van der Waals surface area (Å²) in [5.74, 6) is 0.977. The Morgan fingerprint density at radius 3 is 2.33 bits per heavy atom. The maximum absolute atomic E-state index is 12.1. The third-order valence-corrected chi connectivity index (χ3v) is 4.84.